The summed E-state index contributed by atoms with van der Waals surface area (Å²) in [5.41, 5.74) is 0.628. The lowest BCUT2D eigenvalue weighted by Crippen LogP contribution is -2.13. The van der Waals surface area contributed by atoms with Crippen molar-refractivity contribution < 1.29 is 9.53 Å². The lowest BCUT2D eigenvalue weighted by atomic mass is 10.1. The first-order valence-electron chi connectivity index (χ1n) is 6.25. The predicted octanol–water partition coefficient (Wildman–Crippen LogP) is 3.11. The largest absolute Gasteiger partial charge is 0.450 e. The smallest absolute Gasteiger partial charge is 0.411 e. The summed E-state index contributed by atoms with van der Waals surface area (Å²) in [6.07, 6.45) is 2.25. The van der Waals surface area contributed by atoms with Gasteiger partial charge in [0.1, 0.15) is 5.82 Å². The van der Waals surface area contributed by atoms with Gasteiger partial charge in [0.15, 0.2) is 0 Å². The van der Waals surface area contributed by atoms with E-state index >= 15 is 0 Å². The molecule has 0 aliphatic carbocycles. The van der Waals surface area contributed by atoms with Gasteiger partial charge in [-0.15, -0.1) is 0 Å². The third kappa shape index (κ3) is 5.52. The van der Waals surface area contributed by atoms with E-state index in [1.165, 1.54) is 0 Å². The number of nitrogens with one attached hydrogen (secondary N) is 2. The van der Waals surface area contributed by atoms with Crippen LogP contribution in [0.25, 0.3) is 0 Å². The molecule has 0 radical (unpaired) electrons. The number of ether oxygens (including phenoxy) is 1. The quantitative estimate of drug-likeness (QED) is 0.815. The minimum atomic E-state index is -0.459. The molecule has 0 fully saturated rings. The molecule has 1 aromatic rings. The molecule has 1 rings (SSSR count). The molecule has 100 valence electrons. The van der Waals surface area contributed by atoms with E-state index in [0.29, 0.717) is 18.2 Å². The molecule has 5 nitrogen and oxygen atoms in total. The lowest BCUT2D eigenvalue weighted by Gasteiger charge is -2.08. The number of amides is 1. The Morgan fingerprint density at radius 1 is 1.44 bits per heavy atom. The van der Waals surface area contributed by atoms with Crippen molar-refractivity contribution in [2.45, 2.75) is 27.2 Å². The van der Waals surface area contributed by atoms with E-state index in [4.69, 9.17) is 4.74 Å². The number of aromatic nitrogens is 1. The average Bonchev–Trinajstić information content (AvgIpc) is 2.31. The molecule has 0 unspecified atom stereocenters. The number of hydrogen-bond acceptors (Lipinski definition) is 4. The molecule has 1 heterocycles. The number of pyridine rings is 1. The molecule has 0 aliphatic heterocycles. The zero-order valence-electron chi connectivity index (χ0n) is 11.2. The number of carbonyl (C=O) groups excluding carboxylic acids is 1. The zero-order valence-corrected chi connectivity index (χ0v) is 11.2. The summed E-state index contributed by atoms with van der Waals surface area (Å²) in [4.78, 5) is 15.4. The summed E-state index contributed by atoms with van der Waals surface area (Å²) in [6, 6.07) is 3.63. The maximum Gasteiger partial charge on any atom is 0.411 e. The first-order chi connectivity index (χ1) is 8.61. The van der Waals surface area contributed by atoms with Crippen molar-refractivity contribution in [3.63, 3.8) is 0 Å². The van der Waals surface area contributed by atoms with Crippen LogP contribution in [0.3, 0.4) is 0 Å². The Balaban J connectivity index is 2.40. The van der Waals surface area contributed by atoms with Gasteiger partial charge in [-0.3, -0.25) is 5.32 Å². The van der Waals surface area contributed by atoms with Gasteiger partial charge >= 0.3 is 6.09 Å². The Bertz CT molecular complexity index is 363. The summed E-state index contributed by atoms with van der Waals surface area (Å²) in [5.74, 6) is 1.48. The minimum absolute atomic E-state index is 0.355. The van der Waals surface area contributed by atoms with Gasteiger partial charge in [-0.1, -0.05) is 13.8 Å². The van der Waals surface area contributed by atoms with Crippen molar-refractivity contribution >= 4 is 17.6 Å². The molecular weight excluding hydrogens is 230 g/mol. The fourth-order valence-corrected chi connectivity index (χ4v) is 1.35. The maximum absolute atomic E-state index is 11.2. The Morgan fingerprint density at radius 3 is 2.78 bits per heavy atom. The van der Waals surface area contributed by atoms with E-state index < -0.39 is 6.09 Å². The fourth-order valence-electron chi connectivity index (χ4n) is 1.35. The van der Waals surface area contributed by atoms with Crippen molar-refractivity contribution in [1.82, 2.24) is 4.98 Å². The van der Waals surface area contributed by atoms with Crippen molar-refractivity contribution in [1.29, 1.82) is 0 Å². The number of nitrogens with zero attached hydrogens (tertiary/aromatic N) is 1. The van der Waals surface area contributed by atoms with E-state index in [-0.39, 0.29) is 0 Å². The SMILES string of the molecule is CCOC(=O)Nc1ccc(NCCC(C)C)nc1. The van der Waals surface area contributed by atoms with Gasteiger partial charge < -0.3 is 10.1 Å². The normalized spacial score (nSPS) is 10.2. The van der Waals surface area contributed by atoms with Gasteiger partial charge in [0.05, 0.1) is 18.5 Å². The highest BCUT2D eigenvalue weighted by molar-refractivity contribution is 5.84. The molecule has 0 bridgehead atoms. The molecule has 0 saturated carbocycles. The molecule has 0 spiro atoms. The van der Waals surface area contributed by atoms with Crippen LogP contribution < -0.4 is 10.6 Å². The Hall–Kier alpha value is -1.78. The molecule has 0 atom stereocenters. The van der Waals surface area contributed by atoms with E-state index in [1.54, 1.807) is 19.2 Å². The Morgan fingerprint density at radius 2 is 2.22 bits per heavy atom. The van der Waals surface area contributed by atoms with Crippen LogP contribution in [0.2, 0.25) is 0 Å². The van der Waals surface area contributed by atoms with Crippen LogP contribution in [-0.2, 0) is 4.74 Å². The molecule has 1 aromatic heterocycles. The molecule has 1 amide bonds. The fraction of sp³-hybridized carbons (Fsp3) is 0.538. The van der Waals surface area contributed by atoms with E-state index in [1.807, 2.05) is 6.07 Å². The van der Waals surface area contributed by atoms with E-state index in [9.17, 15) is 4.79 Å². The van der Waals surface area contributed by atoms with Crippen LogP contribution >= 0.6 is 0 Å². The van der Waals surface area contributed by atoms with Crippen molar-refractivity contribution in [2.24, 2.45) is 5.92 Å². The van der Waals surface area contributed by atoms with Crippen LogP contribution in [0.15, 0.2) is 18.3 Å². The van der Waals surface area contributed by atoms with E-state index in [0.717, 1.165) is 18.8 Å². The maximum atomic E-state index is 11.2. The summed E-state index contributed by atoms with van der Waals surface area (Å²) in [7, 11) is 0. The van der Waals surface area contributed by atoms with Crippen LogP contribution in [-0.4, -0.2) is 24.2 Å². The van der Waals surface area contributed by atoms with Gasteiger partial charge in [0.2, 0.25) is 0 Å². The molecule has 2 N–H and O–H groups in total. The van der Waals surface area contributed by atoms with Crippen LogP contribution in [0.4, 0.5) is 16.3 Å². The molecule has 5 heteroatoms. The Labute approximate surface area is 108 Å². The zero-order chi connectivity index (χ0) is 13.4. The molecule has 0 aliphatic rings. The lowest BCUT2D eigenvalue weighted by molar-refractivity contribution is 0.168. The van der Waals surface area contributed by atoms with Gasteiger partial charge in [0.25, 0.3) is 0 Å². The highest BCUT2D eigenvalue weighted by Gasteiger charge is 2.02. The van der Waals surface area contributed by atoms with Gasteiger partial charge in [-0.25, -0.2) is 9.78 Å². The second kappa shape index (κ2) is 7.53. The number of carbonyl (C=O) groups is 1. The summed E-state index contributed by atoms with van der Waals surface area (Å²) < 4.78 is 4.77. The summed E-state index contributed by atoms with van der Waals surface area (Å²) >= 11 is 0. The van der Waals surface area contributed by atoms with Gasteiger partial charge in [-0.05, 0) is 31.4 Å². The summed E-state index contributed by atoms with van der Waals surface area (Å²) in [6.45, 7) is 7.38. The third-order valence-corrected chi connectivity index (χ3v) is 2.31. The van der Waals surface area contributed by atoms with Crippen molar-refractivity contribution in [2.75, 3.05) is 23.8 Å². The van der Waals surface area contributed by atoms with Crippen LogP contribution in [0, 0.1) is 5.92 Å². The second-order valence-electron chi connectivity index (χ2n) is 4.39. The van der Waals surface area contributed by atoms with Gasteiger partial charge in [0, 0.05) is 6.54 Å². The average molecular weight is 251 g/mol. The van der Waals surface area contributed by atoms with Crippen LogP contribution in [0.1, 0.15) is 27.2 Å². The number of rotatable bonds is 6. The highest BCUT2D eigenvalue weighted by Crippen LogP contribution is 2.10. The first-order valence-corrected chi connectivity index (χ1v) is 6.25. The minimum Gasteiger partial charge on any atom is -0.450 e. The highest BCUT2D eigenvalue weighted by atomic mass is 16.5. The second-order valence-corrected chi connectivity index (χ2v) is 4.39. The van der Waals surface area contributed by atoms with Crippen molar-refractivity contribution in [3.05, 3.63) is 18.3 Å². The Kier molecular flexibility index (Phi) is 5.97. The summed E-state index contributed by atoms with van der Waals surface area (Å²) in [5, 5.41) is 5.82. The predicted molar refractivity (Wildman–Crippen MR) is 72.8 cm³/mol. The van der Waals surface area contributed by atoms with Crippen LogP contribution in [0.5, 0.6) is 0 Å². The number of anilines is 2. The standard InChI is InChI=1S/C13H21N3O2/c1-4-18-13(17)16-11-5-6-12(15-9-11)14-8-7-10(2)3/h5-6,9-10H,4,7-8H2,1-3H3,(H,14,15)(H,16,17). The third-order valence-electron chi connectivity index (χ3n) is 2.31. The van der Waals surface area contributed by atoms with Gasteiger partial charge in [-0.2, -0.15) is 0 Å². The first kappa shape index (κ1) is 14.3. The molecule has 0 aromatic carbocycles. The monoisotopic (exact) mass is 251 g/mol. The topological polar surface area (TPSA) is 63.2 Å². The molecule has 0 saturated heterocycles. The molecule has 18 heavy (non-hydrogen) atoms. The molecular formula is C13H21N3O2. The number of hydrogen-bond donors (Lipinski definition) is 2. The van der Waals surface area contributed by atoms with E-state index in [2.05, 4.69) is 29.5 Å². The van der Waals surface area contributed by atoms with Crippen molar-refractivity contribution in [3.8, 4) is 0 Å².